The second kappa shape index (κ2) is 7.33. The standard InChI is InChI=1S/C16H19N3S2/c1-11(2)13-6-8-14(9-7-13)17-16(20)19-18-12(3)15-5-4-10-21-15/h4-11H,1-3H3,(H2,17,19,20)/b18-12+. The first kappa shape index (κ1) is 15.7. The van der Waals surface area contributed by atoms with E-state index in [0.29, 0.717) is 11.0 Å². The molecule has 0 saturated heterocycles. The van der Waals surface area contributed by atoms with Crippen molar-refractivity contribution >= 4 is 40.1 Å². The lowest BCUT2D eigenvalue weighted by Gasteiger charge is -2.10. The molecule has 0 unspecified atom stereocenters. The van der Waals surface area contributed by atoms with Crippen LogP contribution < -0.4 is 10.7 Å². The van der Waals surface area contributed by atoms with Gasteiger partial charge in [0.1, 0.15) is 0 Å². The molecule has 1 aromatic carbocycles. The molecule has 110 valence electrons. The highest BCUT2D eigenvalue weighted by Crippen LogP contribution is 2.17. The number of nitrogens with zero attached hydrogens (tertiary/aromatic N) is 1. The number of anilines is 1. The van der Waals surface area contributed by atoms with Gasteiger partial charge in [0.2, 0.25) is 0 Å². The van der Waals surface area contributed by atoms with E-state index in [1.165, 1.54) is 5.56 Å². The third kappa shape index (κ3) is 4.65. The van der Waals surface area contributed by atoms with Crippen molar-refractivity contribution in [1.29, 1.82) is 0 Å². The average Bonchev–Trinajstić information content (AvgIpc) is 2.99. The Morgan fingerprint density at radius 3 is 2.48 bits per heavy atom. The molecule has 21 heavy (non-hydrogen) atoms. The summed E-state index contributed by atoms with van der Waals surface area (Å²) in [6.45, 7) is 6.31. The van der Waals surface area contributed by atoms with E-state index in [1.807, 2.05) is 36.6 Å². The molecule has 0 amide bonds. The number of benzene rings is 1. The van der Waals surface area contributed by atoms with E-state index >= 15 is 0 Å². The van der Waals surface area contributed by atoms with Gasteiger partial charge in [-0.2, -0.15) is 5.10 Å². The summed E-state index contributed by atoms with van der Waals surface area (Å²) >= 11 is 6.90. The summed E-state index contributed by atoms with van der Waals surface area (Å²) in [6, 6.07) is 12.3. The van der Waals surface area contributed by atoms with Gasteiger partial charge in [0.05, 0.1) is 5.71 Å². The maximum Gasteiger partial charge on any atom is 0.191 e. The fourth-order valence-corrected chi connectivity index (χ4v) is 2.63. The van der Waals surface area contributed by atoms with Crippen LogP contribution in [0.1, 0.15) is 37.1 Å². The number of hydrogen-bond acceptors (Lipinski definition) is 3. The highest BCUT2D eigenvalue weighted by molar-refractivity contribution is 7.80. The Labute approximate surface area is 135 Å². The normalized spacial score (nSPS) is 11.5. The Kier molecular flexibility index (Phi) is 5.47. The van der Waals surface area contributed by atoms with Crippen LogP contribution in [0.3, 0.4) is 0 Å². The zero-order valence-electron chi connectivity index (χ0n) is 12.4. The predicted molar refractivity (Wildman–Crippen MR) is 96.4 cm³/mol. The van der Waals surface area contributed by atoms with Gasteiger partial charge in [0.25, 0.3) is 0 Å². The van der Waals surface area contributed by atoms with E-state index in [9.17, 15) is 0 Å². The molecular weight excluding hydrogens is 298 g/mol. The number of hydrazone groups is 1. The summed E-state index contributed by atoms with van der Waals surface area (Å²) in [5.74, 6) is 0.530. The zero-order valence-corrected chi connectivity index (χ0v) is 14.0. The first-order valence-corrected chi connectivity index (χ1v) is 8.10. The van der Waals surface area contributed by atoms with E-state index in [0.717, 1.165) is 16.3 Å². The minimum absolute atomic E-state index is 0.489. The van der Waals surface area contributed by atoms with Gasteiger partial charge in [-0.1, -0.05) is 32.0 Å². The molecule has 0 bridgehead atoms. The Bertz CT molecular complexity index is 613. The SMILES string of the molecule is C/C(=N\NC(=S)Nc1ccc(C(C)C)cc1)c1cccs1. The van der Waals surface area contributed by atoms with Crippen molar-refractivity contribution < 1.29 is 0 Å². The van der Waals surface area contributed by atoms with Gasteiger partial charge in [-0.25, -0.2) is 0 Å². The molecule has 0 aliphatic carbocycles. The minimum Gasteiger partial charge on any atom is -0.331 e. The number of nitrogens with one attached hydrogen (secondary N) is 2. The zero-order chi connectivity index (χ0) is 15.2. The van der Waals surface area contributed by atoms with Crippen molar-refractivity contribution in [3.05, 3.63) is 52.2 Å². The highest BCUT2D eigenvalue weighted by atomic mass is 32.1. The third-order valence-electron chi connectivity index (χ3n) is 3.04. The Morgan fingerprint density at radius 1 is 1.19 bits per heavy atom. The molecule has 3 nitrogen and oxygen atoms in total. The predicted octanol–water partition coefficient (Wildman–Crippen LogP) is 4.58. The quantitative estimate of drug-likeness (QED) is 0.492. The Balaban J connectivity index is 1.91. The Hall–Kier alpha value is -1.72. The molecule has 0 aliphatic rings. The van der Waals surface area contributed by atoms with Crippen LogP contribution in [0.25, 0.3) is 0 Å². The third-order valence-corrected chi connectivity index (χ3v) is 4.21. The van der Waals surface area contributed by atoms with E-state index in [2.05, 4.69) is 41.8 Å². The lowest BCUT2D eigenvalue weighted by molar-refractivity contribution is 0.867. The number of thiocarbonyl (C=S) groups is 1. The summed E-state index contributed by atoms with van der Waals surface area (Å²) in [5.41, 5.74) is 6.06. The van der Waals surface area contributed by atoms with Gasteiger partial charge in [-0.3, -0.25) is 5.43 Å². The van der Waals surface area contributed by atoms with Gasteiger partial charge in [0, 0.05) is 10.6 Å². The summed E-state index contributed by atoms with van der Waals surface area (Å²) < 4.78 is 0. The van der Waals surface area contributed by atoms with Gasteiger partial charge >= 0.3 is 0 Å². The maximum atomic E-state index is 5.24. The summed E-state index contributed by atoms with van der Waals surface area (Å²) in [7, 11) is 0. The minimum atomic E-state index is 0.489. The van der Waals surface area contributed by atoms with E-state index in [4.69, 9.17) is 12.2 Å². The van der Waals surface area contributed by atoms with Crippen LogP contribution in [0.15, 0.2) is 46.9 Å². The lowest BCUT2D eigenvalue weighted by Crippen LogP contribution is -2.24. The van der Waals surface area contributed by atoms with E-state index in [-0.39, 0.29) is 0 Å². The molecule has 0 atom stereocenters. The molecule has 2 aromatic rings. The molecule has 0 spiro atoms. The second-order valence-electron chi connectivity index (χ2n) is 5.02. The van der Waals surface area contributed by atoms with Crippen molar-refractivity contribution in [3.8, 4) is 0 Å². The smallest absolute Gasteiger partial charge is 0.191 e. The molecule has 2 rings (SSSR count). The monoisotopic (exact) mass is 317 g/mol. The van der Waals surface area contributed by atoms with Crippen molar-refractivity contribution in [3.63, 3.8) is 0 Å². The van der Waals surface area contributed by atoms with Crippen molar-refractivity contribution in [2.45, 2.75) is 26.7 Å². The molecule has 1 aromatic heterocycles. The van der Waals surface area contributed by atoms with Crippen LogP contribution >= 0.6 is 23.6 Å². The maximum absolute atomic E-state index is 5.24. The van der Waals surface area contributed by atoms with Crippen LogP contribution in [0.5, 0.6) is 0 Å². The van der Waals surface area contributed by atoms with E-state index in [1.54, 1.807) is 11.3 Å². The molecular formula is C16H19N3S2. The topological polar surface area (TPSA) is 36.4 Å². The fourth-order valence-electron chi connectivity index (χ4n) is 1.78. The van der Waals surface area contributed by atoms with Gasteiger partial charge in [-0.05, 0) is 54.2 Å². The Morgan fingerprint density at radius 2 is 1.90 bits per heavy atom. The molecule has 0 radical (unpaired) electrons. The number of hydrogen-bond donors (Lipinski definition) is 2. The summed E-state index contributed by atoms with van der Waals surface area (Å²) in [4.78, 5) is 1.13. The van der Waals surface area contributed by atoms with Crippen LogP contribution in [0.4, 0.5) is 5.69 Å². The largest absolute Gasteiger partial charge is 0.331 e. The second-order valence-corrected chi connectivity index (χ2v) is 6.37. The van der Waals surface area contributed by atoms with Crippen LogP contribution in [-0.4, -0.2) is 10.8 Å². The van der Waals surface area contributed by atoms with Crippen molar-refractivity contribution in [2.24, 2.45) is 5.10 Å². The van der Waals surface area contributed by atoms with Crippen LogP contribution in [0, 0.1) is 0 Å². The number of thiophene rings is 1. The van der Waals surface area contributed by atoms with E-state index < -0.39 is 0 Å². The summed E-state index contributed by atoms with van der Waals surface area (Å²) in [6.07, 6.45) is 0. The van der Waals surface area contributed by atoms with Crippen LogP contribution in [0.2, 0.25) is 0 Å². The fraction of sp³-hybridized carbons (Fsp3) is 0.250. The molecule has 5 heteroatoms. The summed E-state index contributed by atoms with van der Waals surface area (Å²) in [5, 5.41) is 9.93. The highest BCUT2D eigenvalue weighted by Gasteiger charge is 2.01. The first-order chi connectivity index (χ1) is 10.1. The molecule has 1 heterocycles. The first-order valence-electron chi connectivity index (χ1n) is 6.81. The van der Waals surface area contributed by atoms with Gasteiger partial charge in [-0.15, -0.1) is 11.3 Å². The molecule has 2 N–H and O–H groups in total. The lowest BCUT2D eigenvalue weighted by atomic mass is 10.0. The number of rotatable bonds is 4. The molecule has 0 saturated carbocycles. The van der Waals surface area contributed by atoms with Crippen molar-refractivity contribution in [2.75, 3.05) is 5.32 Å². The van der Waals surface area contributed by atoms with Gasteiger partial charge < -0.3 is 5.32 Å². The average molecular weight is 317 g/mol. The van der Waals surface area contributed by atoms with Crippen LogP contribution in [-0.2, 0) is 0 Å². The molecule has 0 fully saturated rings. The molecule has 0 aliphatic heterocycles. The van der Waals surface area contributed by atoms with Crippen molar-refractivity contribution in [1.82, 2.24) is 5.43 Å². The van der Waals surface area contributed by atoms with Gasteiger partial charge in [0.15, 0.2) is 5.11 Å².